The van der Waals surface area contributed by atoms with Gasteiger partial charge in [-0.3, -0.25) is 4.90 Å². The van der Waals surface area contributed by atoms with Crippen molar-refractivity contribution in [3.63, 3.8) is 0 Å². The van der Waals surface area contributed by atoms with Crippen molar-refractivity contribution in [2.75, 3.05) is 19.7 Å². The van der Waals surface area contributed by atoms with Crippen LogP contribution in [0.4, 0.5) is 0 Å². The molecule has 1 heterocycles. The second-order valence-electron chi connectivity index (χ2n) is 4.84. The lowest BCUT2D eigenvalue weighted by atomic mass is 9.98. The van der Waals surface area contributed by atoms with Gasteiger partial charge in [-0.2, -0.15) is 5.26 Å². The fraction of sp³-hybridized carbons (Fsp3) is 0.500. The third-order valence-corrected chi connectivity index (χ3v) is 3.56. The van der Waals surface area contributed by atoms with Gasteiger partial charge in [-0.25, -0.2) is 0 Å². The topological polar surface area (TPSA) is 62.3 Å². The number of nitrogens with two attached hydrogens (primary N) is 1. The van der Waals surface area contributed by atoms with E-state index in [-0.39, 0.29) is 18.2 Å². The van der Waals surface area contributed by atoms with Crippen LogP contribution in [0.1, 0.15) is 18.5 Å². The van der Waals surface area contributed by atoms with Gasteiger partial charge in [-0.1, -0.05) is 23.7 Å². The average molecular weight is 280 g/mol. The molecule has 0 bridgehead atoms. The van der Waals surface area contributed by atoms with E-state index >= 15 is 0 Å². The smallest absolute Gasteiger partial charge is 0.156 e. The molecule has 102 valence electrons. The minimum absolute atomic E-state index is 0.0455. The Morgan fingerprint density at radius 3 is 3.00 bits per heavy atom. The Bertz CT molecular complexity index is 472. The lowest BCUT2D eigenvalue weighted by molar-refractivity contribution is -0.0210. The van der Waals surface area contributed by atoms with Crippen LogP contribution >= 0.6 is 11.6 Å². The average Bonchev–Trinajstić information content (AvgIpc) is 2.39. The summed E-state index contributed by atoms with van der Waals surface area (Å²) in [6, 6.07) is 9.90. The molecule has 4 nitrogen and oxygen atoms in total. The van der Waals surface area contributed by atoms with E-state index in [9.17, 15) is 0 Å². The summed E-state index contributed by atoms with van der Waals surface area (Å²) in [7, 11) is 0. The summed E-state index contributed by atoms with van der Waals surface area (Å²) in [4.78, 5) is 2.20. The minimum atomic E-state index is -0.380. The zero-order valence-electron chi connectivity index (χ0n) is 10.9. The van der Waals surface area contributed by atoms with Crippen LogP contribution in [0.3, 0.4) is 0 Å². The van der Waals surface area contributed by atoms with Crippen molar-refractivity contribution in [2.24, 2.45) is 5.73 Å². The second-order valence-corrected chi connectivity index (χ2v) is 5.28. The largest absolute Gasteiger partial charge is 0.361 e. The Labute approximate surface area is 118 Å². The maximum absolute atomic E-state index is 8.99. The molecule has 1 aliphatic rings. The first-order valence-electron chi connectivity index (χ1n) is 6.38. The van der Waals surface area contributed by atoms with Gasteiger partial charge in [0, 0.05) is 30.2 Å². The molecule has 5 heteroatoms. The Morgan fingerprint density at radius 1 is 1.58 bits per heavy atom. The third-order valence-electron chi connectivity index (χ3n) is 3.32. The number of halogens is 1. The summed E-state index contributed by atoms with van der Waals surface area (Å²) in [5, 5.41) is 9.69. The fourth-order valence-corrected chi connectivity index (χ4v) is 2.74. The normalized spacial score (nSPS) is 23.6. The molecule has 0 saturated carbocycles. The molecule has 1 aliphatic heterocycles. The Hall–Kier alpha value is -1.12. The standard InChI is InChI=1S/C14H18ClN3O/c1-10(17)14(11-3-2-4-12(15)7-11)18-5-6-19-13(8-16)9-18/h2-4,7,10,13-14H,5-6,9,17H2,1H3. The summed E-state index contributed by atoms with van der Waals surface area (Å²) in [5.74, 6) is 0. The molecule has 19 heavy (non-hydrogen) atoms. The number of nitriles is 1. The molecule has 1 aromatic rings. The summed E-state index contributed by atoms with van der Waals surface area (Å²) in [5.41, 5.74) is 7.21. The van der Waals surface area contributed by atoms with Gasteiger partial charge < -0.3 is 10.5 Å². The van der Waals surface area contributed by atoms with Gasteiger partial charge in [0.15, 0.2) is 6.10 Å². The first-order chi connectivity index (χ1) is 9.11. The van der Waals surface area contributed by atoms with Gasteiger partial charge in [0.1, 0.15) is 0 Å². The Kier molecular flexibility index (Phi) is 4.78. The van der Waals surface area contributed by atoms with Crippen LogP contribution in [-0.2, 0) is 4.74 Å². The van der Waals surface area contributed by atoms with Crippen molar-refractivity contribution >= 4 is 11.6 Å². The number of benzene rings is 1. The molecule has 3 unspecified atom stereocenters. The molecule has 0 aromatic heterocycles. The summed E-state index contributed by atoms with van der Waals surface area (Å²) in [6.45, 7) is 3.89. The van der Waals surface area contributed by atoms with E-state index < -0.39 is 0 Å². The van der Waals surface area contributed by atoms with Gasteiger partial charge in [0.05, 0.1) is 12.7 Å². The molecule has 1 saturated heterocycles. The highest BCUT2D eigenvalue weighted by atomic mass is 35.5. The van der Waals surface area contributed by atoms with Gasteiger partial charge in [-0.15, -0.1) is 0 Å². The van der Waals surface area contributed by atoms with E-state index in [0.717, 1.165) is 12.1 Å². The molecule has 0 aliphatic carbocycles. The Morgan fingerprint density at radius 2 is 2.37 bits per heavy atom. The lowest BCUT2D eigenvalue weighted by Gasteiger charge is -2.38. The lowest BCUT2D eigenvalue weighted by Crippen LogP contribution is -2.48. The first-order valence-corrected chi connectivity index (χ1v) is 6.76. The van der Waals surface area contributed by atoms with Gasteiger partial charge in [0.2, 0.25) is 0 Å². The summed E-state index contributed by atoms with van der Waals surface area (Å²) >= 11 is 6.05. The van der Waals surface area contributed by atoms with Gasteiger partial charge >= 0.3 is 0 Å². The molecular formula is C14H18ClN3O. The second kappa shape index (κ2) is 6.36. The zero-order chi connectivity index (χ0) is 13.8. The van der Waals surface area contributed by atoms with E-state index in [0.29, 0.717) is 18.2 Å². The van der Waals surface area contributed by atoms with Crippen molar-refractivity contribution in [2.45, 2.75) is 25.1 Å². The van der Waals surface area contributed by atoms with Crippen molar-refractivity contribution in [3.8, 4) is 6.07 Å². The highest BCUT2D eigenvalue weighted by Crippen LogP contribution is 2.27. The fourth-order valence-electron chi connectivity index (χ4n) is 2.54. The highest BCUT2D eigenvalue weighted by Gasteiger charge is 2.29. The van der Waals surface area contributed by atoms with Crippen molar-refractivity contribution < 1.29 is 4.74 Å². The van der Waals surface area contributed by atoms with Crippen LogP contribution in [-0.4, -0.2) is 36.7 Å². The van der Waals surface area contributed by atoms with E-state index in [1.54, 1.807) is 0 Å². The van der Waals surface area contributed by atoms with Crippen LogP contribution in [0.25, 0.3) is 0 Å². The highest BCUT2D eigenvalue weighted by molar-refractivity contribution is 6.30. The predicted molar refractivity (Wildman–Crippen MR) is 74.8 cm³/mol. The van der Waals surface area contributed by atoms with Crippen molar-refractivity contribution in [1.29, 1.82) is 5.26 Å². The molecular weight excluding hydrogens is 262 g/mol. The number of rotatable bonds is 3. The van der Waals surface area contributed by atoms with Gasteiger partial charge in [0.25, 0.3) is 0 Å². The van der Waals surface area contributed by atoms with E-state index in [1.807, 2.05) is 31.2 Å². The van der Waals surface area contributed by atoms with Crippen LogP contribution in [0.5, 0.6) is 0 Å². The maximum Gasteiger partial charge on any atom is 0.156 e. The van der Waals surface area contributed by atoms with Crippen LogP contribution < -0.4 is 5.73 Å². The predicted octanol–water partition coefficient (Wildman–Crippen LogP) is 1.95. The zero-order valence-corrected chi connectivity index (χ0v) is 11.7. The molecule has 0 amide bonds. The molecule has 1 aromatic carbocycles. The quantitative estimate of drug-likeness (QED) is 0.919. The Balaban J connectivity index is 2.23. The summed E-state index contributed by atoms with van der Waals surface area (Å²) in [6.07, 6.45) is -0.380. The molecule has 0 spiro atoms. The number of nitrogens with zero attached hydrogens (tertiary/aromatic N) is 2. The molecule has 3 atom stereocenters. The van der Waals surface area contributed by atoms with Crippen molar-refractivity contribution in [1.82, 2.24) is 4.90 Å². The van der Waals surface area contributed by atoms with Crippen LogP contribution in [0, 0.1) is 11.3 Å². The SMILES string of the molecule is CC(N)C(c1cccc(Cl)c1)N1CCOC(C#N)C1. The summed E-state index contributed by atoms with van der Waals surface area (Å²) < 4.78 is 5.38. The van der Waals surface area contributed by atoms with E-state index in [2.05, 4.69) is 11.0 Å². The first kappa shape index (κ1) is 14.3. The monoisotopic (exact) mass is 279 g/mol. The van der Waals surface area contributed by atoms with Crippen molar-refractivity contribution in [3.05, 3.63) is 34.9 Å². The van der Waals surface area contributed by atoms with E-state index in [4.69, 9.17) is 27.3 Å². The minimum Gasteiger partial charge on any atom is -0.361 e. The maximum atomic E-state index is 8.99. The molecule has 0 radical (unpaired) electrons. The molecule has 1 fully saturated rings. The van der Waals surface area contributed by atoms with Crippen LogP contribution in [0.2, 0.25) is 5.02 Å². The van der Waals surface area contributed by atoms with Gasteiger partial charge in [-0.05, 0) is 24.6 Å². The van der Waals surface area contributed by atoms with E-state index in [1.165, 1.54) is 0 Å². The number of hydrogen-bond donors (Lipinski definition) is 1. The molecule has 2 rings (SSSR count). The third kappa shape index (κ3) is 3.46. The number of hydrogen-bond acceptors (Lipinski definition) is 4. The van der Waals surface area contributed by atoms with Crippen LogP contribution in [0.15, 0.2) is 24.3 Å². The molecule has 2 N–H and O–H groups in total. The number of morpholine rings is 1. The number of ether oxygens (including phenoxy) is 1.